The summed E-state index contributed by atoms with van der Waals surface area (Å²) in [5.41, 5.74) is -0.162. The number of nitrogens with one attached hydrogen (secondary N) is 2. The number of benzene rings is 1. The van der Waals surface area contributed by atoms with Crippen molar-refractivity contribution in [1.29, 1.82) is 0 Å². The van der Waals surface area contributed by atoms with E-state index in [-0.39, 0.29) is 35.5 Å². The van der Waals surface area contributed by atoms with Crippen molar-refractivity contribution in [2.24, 2.45) is 0 Å². The minimum atomic E-state index is -1.32. The zero-order chi connectivity index (χ0) is 27.0. The van der Waals surface area contributed by atoms with E-state index in [1.807, 2.05) is 16.7 Å². The number of urea groups is 1. The molecular formula is C26H31FN6O5. The molecule has 3 N–H and O–H groups in total. The highest BCUT2D eigenvalue weighted by Gasteiger charge is 2.29. The number of rotatable bonds is 8. The Morgan fingerprint density at radius 1 is 1.16 bits per heavy atom. The highest BCUT2D eigenvalue weighted by atomic mass is 19.1. The first-order chi connectivity index (χ1) is 18.2. The molecule has 1 saturated carbocycles. The highest BCUT2D eigenvalue weighted by Crippen LogP contribution is 2.38. The van der Waals surface area contributed by atoms with Gasteiger partial charge in [-0.05, 0) is 37.5 Å². The van der Waals surface area contributed by atoms with Crippen LogP contribution in [0, 0.1) is 5.82 Å². The number of anilines is 1. The summed E-state index contributed by atoms with van der Waals surface area (Å²) in [4.78, 5) is 54.4. The molecule has 0 unspecified atom stereocenters. The molecule has 0 radical (unpaired) electrons. The highest BCUT2D eigenvalue weighted by molar-refractivity contribution is 5.93. The lowest BCUT2D eigenvalue weighted by Crippen LogP contribution is -2.52. The molecule has 0 bridgehead atoms. The summed E-state index contributed by atoms with van der Waals surface area (Å²) in [6, 6.07) is 2.65. The molecule has 12 heteroatoms. The lowest BCUT2D eigenvalue weighted by atomic mass is 10.1. The Kier molecular flexibility index (Phi) is 7.06. The van der Waals surface area contributed by atoms with E-state index in [4.69, 9.17) is 0 Å². The summed E-state index contributed by atoms with van der Waals surface area (Å²) in [5.74, 6) is -1.76. The Balaban J connectivity index is 1.24. The van der Waals surface area contributed by atoms with Gasteiger partial charge in [0, 0.05) is 56.9 Å². The maximum atomic E-state index is 15.2. The number of carbonyl (C=O) groups excluding carboxylic acids is 2. The smallest absolute Gasteiger partial charge is 0.341 e. The standard InChI is InChI=1S/C26H31FN6O5/c1-2-6-32-7-5-22(29-26(32)38)28-23(34)15-30-8-10-31(11-9-30)21-13-20-17(12-19(21)27)24(35)18(25(36)37)14-33(20)16-3-4-16/h5,12-14,16H,2-4,6-11,15H2,1H3,(H,28,34)(H,29,38)(H,36,37). The summed E-state index contributed by atoms with van der Waals surface area (Å²) < 4.78 is 17.0. The fourth-order valence-electron chi connectivity index (χ4n) is 5.02. The van der Waals surface area contributed by atoms with Gasteiger partial charge in [0.05, 0.1) is 17.7 Å². The largest absolute Gasteiger partial charge is 0.477 e. The zero-order valence-corrected chi connectivity index (χ0v) is 21.2. The van der Waals surface area contributed by atoms with Crippen LogP contribution in [0.15, 0.2) is 35.0 Å². The Morgan fingerprint density at radius 3 is 2.53 bits per heavy atom. The van der Waals surface area contributed by atoms with Gasteiger partial charge in [0.15, 0.2) is 0 Å². The van der Waals surface area contributed by atoms with Crippen LogP contribution in [0.25, 0.3) is 10.9 Å². The van der Waals surface area contributed by atoms with Gasteiger partial charge in [-0.1, -0.05) is 6.92 Å². The van der Waals surface area contributed by atoms with E-state index >= 15 is 4.39 Å². The molecule has 1 aliphatic carbocycles. The Bertz CT molecular complexity index is 1380. The molecule has 1 aromatic heterocycles. The minimum absolute atomic E-state index is 0.0651. The topological polar surface area (TPSA) is 127 Å². The normalized spacial score (nSPS) is 18.4. The number of carbonyl (C=O) groups is 3. The number of amides is 3. The Hall–Kier alpha value is -3.93. The van der Waals surface area contributed by atoms with Crippen LogP contribution < -0.4 is 21.0 Å². The fraction of sp³-hybridized carbons (Fsp3) is 0.462. The van der Waals surface area contributed by atoms with Crippen LogP contribution >= 0.6 is 0 Å². The average Bonchev–Trinajstić information content (AvgIpc) is 3.72. The van der Waals surface area contributed by atoms with Crippen molar-refractivity contribution in [3.8, 4) is 0 Å². The van der Waals surface area contributed by atoms with Crippen LogP contribution in [0.2, 0.25) is 0 Å². The summed E-state index contributed by atoms with van der Waals surface area (Å²) in [6.45, 7) is 5.21. The van der Waals surface area contributed by atoms with Crippen LogP contribution in [-0.4, -0.2) is 83.2 Å². The van der Waals surface area contributed by atoms with Crippen molar-refractivity contribution in [3.63, 3.8) is 0 Å². The van der Waals surface area contributed by atoms with Crippen molar-refractivity contribution in [3.05, 3.63) is 51.8 Å². The number of carboxylic acid groups (broad SMARTS) is 1. The van der Waals surface area contributed by atoms with E-state index < -0.39 is 17.2 Å². The maximum absolute atomic E-state index is 15.2. The molecule has 2 fully saturated rings. The van der Waals surface area contributed by atoms with Gasteiger partial charge in [-0.15, -0.1) is 0 Å². The van der Waals surface area contributed by atoms with Gasteiger partial charge in [-0.2, -0.15) is 0 Å². The first-order valence-electron chi connectivity index (χ1n) is 12.9. The Labute approximate surface area is 218 Å². The van der Waals surface area contributed by atoms with Crippen LogP contribution in [0.1, 0.15) is 42.6 Å². The maximum Gasteiger partial charge on any atom is 0.341 e. The fourth-order valence-corrected chi connectivity index (χ4v) is 5.02. The SMILES string of the molecule is CCCN1CC=C(NC(=O)CN2CCN(c3cc4c(cc3F)c(=O)c(C(=O)O)cn4C3CC3)CC2)NC1=O. The van der Waals surface area contributed by atoms with E-state index in [2.05, 4.69) is 10.6 Å². The molecule has 5 rings (SSSR count). The first kappa shape index (κ1) is 25.7. The third-order valence-electron chi connectivity index (χ3n) is 7.16. The second kappa shape index (κ2) is 10.4. The van der Waals surface area contributed by atoms with Gasteiger partial charge in [0.2, 0.25) is 11.3 Å². The van der Waals surface area contributed by atoms with Crippen molar-refractivity contribution >= 4 is 34.5 Å². The van der Waals surface area contributed by atoms with E-state index in [9.17, 15) is 24.3 Å². The second-order valence-electron chi connectivity index (χ2n) is 9.94. The number of hydrogen-bond donors (Lipinski definition) is 3. The van der Waals surface area contributed by atoms with Crippen molar-refractivity contribution < 1.29 is 23.9 Å². The summed E-state index contributed by atoms with van der Waals surface area (Å²) in [6.07, 6.45) is 5.75. The minimum Gasteiger partial charge on any atom is -0.477 e. The number of hydrogen-bond acceptors (Lipinski definition) is 6. The van der Waals surface area contributed by atoms with Gasteiger partial charge >= 0.3 is 12.0 Å². The summed E-state index contributed by atoms with van der Waals surface area (Å²) >= 11 is 0. The van der Waals surface area contributed by atoms with Crippen molar-refractivity contribution in [2.75, 3.05) is 50.7 Å². The summed E-state index contributed by atoms with van der Waals surface area (Å²) in [7, 11) is 0. The average molecular weight is 527 g/mol. The van der Waals surface area contributed by atoms with E-state index in [1.165, 1.54) is 6.20 Å². The molecule has 3 aliphatic rings. The van der Waals surface area contributed by atoms with Crippen LogP contribution in [0.5, 0.6) is 0 Å². The van der Waals surface area contributed by atoms with Gasteiger partial charge in [0.1, 0.15) is 17.2 Å². The van der Waals surface area contributed by atoms with Gasteiger partial charge < -0.3 is 24.8 Å². The number of pyridine rings is 1. The van der Waals surface area contributed by atoms with Gasteiger partial charge in [-0.3, -0.25) is 19.8 Å². The molecule has 3 heterocycles. The van der Waals surface area contributed by atoms with Crippen LogP contribution in [-0.2, 0) is 4.79 Å². The number of aromatic nitrogens is 1. The van der Waals surface area contributed by atoms with E-state index in [0.29, 0.717) is 56.3 Å². The molecule has 3 amide bonds. The molecule has 2 aromatic rings. The molecular weight excluding hydrogens is 495 g/mol. The van der Waals surface area contributed by atoms with Gasteiger partial charge in [-0.25, -0.2) is 14.0 Å². The van der Waals surface area contributed by atoms with E-state index in [1.54, 1.807) is 21.6 Å². The molecule has 0 spiro atoms. The number of nitrogens with zero attached hydrogens (tertiary/aromatic N) is 4. The molecule has 0 atom stereocenters. The number of carboxylic acids is 1. The third-order valence-corrected chi connectivity index (χ3v) is 7.16. The monoisotopic (exact) mass is 526 g/mol. The lowest BCUT2D eigenvalue weighted by Gasteiger charge is -2.36. The summed E-state index contributed by atoms with van der Waals surface area (Å²) in [5, 5.41) is 14.9. The second-order valence-corrected chi connectivity index (χ2v) is 9.94. The van der Waals surface area contributed by atoms with Gasteiger partial charge in [0.25, 0.3) is 0 Å². The first-order valence-corrected chi connectivity index (χ1v) is 12.9. The molecule has 202 valence electrons. The predicted octanol–water partition coefficient (Wildman–Crippen LogP) is 1.69. The molecule has 38 heavy (non-hydrogen) atoms. The molecule has 11 nitrogen and oxygen atoms in total. The lowest BCUT2D eigenvalue weighted by molar-refractivity contribution is -0.121. The van der Waals surface area contributed by atoms with E-state index in [0.717, 1.165) is 25.3 Å². The predicted molar refractivity (Wildman–Crippen MR) is 139 cm³/mol. The van der Waals surface area contributed by atoms with Crippen LogP contribution in [0.3, 0.4) is 0 Å². The molecule has 1 saturated heterocycles. The molecule has 1 aromatic carbocycles. The third kappa shape index (κ3) is 5.21. The number of aromatic carboxylic acids is 1. The molecule has 2 aliphatic heterocycles. The zero-order valence-electron chi connectivity index (χ0n) is 21.2. The number of halogens is 1. The number of piperazine rings is 1. The van der Waals surface area contributed by atoms with Crippen LogP contribution in [0.4, 0.5) is 14.9 Å². The Morgan fingerprint density at radius 2 is 1.89 bits per heavy atom. The van der Waals surface area contributed by atoms with Crippen molar-refractivity contribution in [1.82, 2.24) is 25.0 Å². The van der Waals surface area contributed by atoms with Crippen molar-refractivity contribution in [2.45, 2.75) is 32.2 Å². The quantitative estimate of drug-likeness (QED) is 0.478. The number of fused-ring (bicyclic) bond motifs is 1.